The quantitative estimate of drug-likeness (QED) is 0.541. The third-order valence-corrected chi connectivity index (χ3v) is 4.95. The first-order chi connectivity index (χ1) is 13.6. The highest BCUT2D eigenvalue weighted by atomic mass is 16.5. The number of ether oxygens (including phenoxy) is 1. The molecule has 2 heterocycles. The molecule has 0 amide bonds. The number of hydrogen-bond donors (Lipinski definition) is 2. The zero-order valence-electron chi connectivity index (χ0n) is 16.2. The lowest BCUT2D eigenvalue weighted by Gasteiger charge is -2.27. The van der Waals surface area contributed by atoms with Crippen LogP contribution in [0.4, 0.5) is 5.82 Å². The molecule has 6 heteroatoms. The Labute approximate surface area is 165 Å². The van der Waals surface area contributed by atoms with Crippen molar-refractivity contribution in [2.75, 3.05) is 25.6 Å². The Hall–Kier alpha value is -3.28. The minimum atomic E-state index is 0.111. The fraction of sp³-hybridized carbons (Fsp3) is 0.273. The van der Waals surface area contributed by atoms with Gasteiger partial charge in [-0.05, 0) is 23.8 Å². The zero-order valence-corrected chi connectivity index (χ0v) is 16.2. The second-order valence-corrected chi connectivity index (χ2v) is 7.12. The molecule has 0 saturated heterocycles. The van der Waals surface area contributed by atoms with E-state index >= 15 is 0 Å². The lowest BCUT2D eigenvalue weighted by molar-refractivity contribution is 0.262. The molecule has 2 aromatic carbocycles. The van der Waals surface area contributed by atoms with Crippen molar-refractivity contribution < 1.29 is 4.74 Å². The summed E-state index contributed by atoms with van der Waals surface area (Å²) in [6, 6.07) is 18.4. The SMILES string of the molecule is CN(C)c1cc(CN=C(N)NC2CCOc3ccccc32)c2ccccc2n1. The Bertz CT molecular complexity index is 1010. The largest absolute Gasteiger partial charge is 0.493 e. The van der Waals surface area contributed by atoms with Gasteiger partial charge >= 0.3 is 0 Å². The maximum absolute atomic E-state index is 6.22. The number of guanidine groups is 1. The van der Waals surface area contributed by atoms with E-state index in [0.717, 1.165) is 40.0 Å². The normalized spacial score (nSPS) is 16.4. The molecule has 4 rings (SSSR count). The Morgan fingerprint density at radius 2 is 2.00 bits per heavy atom. The summed E-state index contributed by atoms with van der Waals surface area (Å²) in [5.41, 5.74) is 9.41. The Morgan fingerprint density at radius 3 is 2.86 bits per heavy atom. The summed E-state index contributed by atoms with van der Waals surface area (Å²) >= 11 is 0. The van der Waals surface area contributed by atoms with Gasteiger partial charge < -0.3 is 20.7 Å². The van der Waals surface area contributed by atoms with Gasteiger partial charge in [-0.1, -0.05) is 36.4 Å². The molecule has 0 fully saturated rings. The third-order valence-electron chi connectivity index (χ3n) is 4.95. The molecule has 1 aliphatic heterocycles. The van der Waals surface area contributed by atoms with Crippen LogP contribution in [0, 0.1) is 0 Å². The molecule has 0 spiro atoms. The summed E-state index contributed by atoms with van der Waals surface area (Å²) < 4.78 is 5.72. The molecule has 28 heavy (non-hydrogen) atoms. The molecular formula is C22H25N5O. The van der Waals surface area contributed by atoms with Crippen LogP contribution >= 0.6 is 0 Å². The standard InChI is InChI=1S/C22H25N5O/c1-27(2)21-13-15(16-7-3-5-9-18(16)25-21)14-24-22(23)26-19-11-12-28-20-10-6-4-8-17(19)20/h3-10,13,19H,11-12,14H2,1-2H3,(H3,23,24,26). The molecule has 1 atom stereocenters. The van der Waals surface area contributed by atoms with Gasteiger partial charge in [-0.3, -0.25) is 0 Å². The first-order valence-corrected chi connectivity index (χ1v) is 9.46. The van der Waals surface area contributed by atoms with Crippen LogP contribution in [0.3, 0.4) is 0 Å². The fourth-order valence-electron chi connectivity index (χ4n) is 3.48. The number of nitrogens with zero attached hydrogens (tertiary/aromatic N) is 3. The van der Waals surface area contributed by atoms with Crippen LogP contribution < -0.4 is 20.7 Å². The van der Waals surface area contributed by atoms with Gasteiger partial charge in [0.2, 0.25) is 0 Å². The Kier molecular flexibility index (Phi) is 5.02. The van der Waals surface area contributed by atoms with E-state index < -0.39 is 0 Å². The van der Waals surface area contributed by atoms with Crippen molar-refractivity contribution in [1.82, 2.24) is 10.3 Å². The number of hydrogen-bond acceptors (Lipinski definition) is 4. The van der Waals surface area contributed by atoms with E-state index in [4.69, 9.17) is 15.5 Å². The van der Waals surface area contributed by atoms with Crippen LogP contribution in [0.1, 0.15) is 23.6 Å². The summed E-state index contributed by atoms with van der Waals surface area (Å²) in [6.07, 6.45) is 0.857. The average Bonchev–Trinajstić information content (AvgIpc) is 2.72. The number of nitrogens with two attached hydrogens (primary N) is 1. The molecule has 3 N–H and O–H groups in total. The van der Waals surface area contributed by atoms with Gasteiger partial charge in [0.15, 0.2) is 5.96 Å². The molecule has 1 aromatic heterocycles. The van der Waals surface area contributed by atoms with E-state index in [-0.39, 0.29) is 6.04 Å². The summed E-state index contributed by atoms with van der Waals surface area (Å²) in [6.45, 7) is 1.16. The summed E-state index contributed by atoms with van der Waals surface area (Å²) in [5, 5.41) is 4.45. The highest BCUT2D eigenvalue weighted by Crippen LogP contribution is 2.31. The molecule has 1 unspecified atom stereocenters. The molecule has 1 aliphatic rings. The minimum absolute atomic E-state index is 0.111. The van der Waals surface area contributed by atoms with Gasteiger partial charge in [0.1, 0.15) is 11.6 Å². The Balaban J connectivity index is 1.56. The van der Waals surface area contributed by atoms with Crippen molar-refractivity contribution in [2.45, 2.75) is 19.0 Å². The van der Waals surface area contributed by atoms with Crippen LogP contribution in [-0.4, -0.2) is 31.6 Å². The van der Waals surface area contributed by atoms with Crippen LogP contribution in [0.2, 0.25) is 0 Å². The predicted octanol–water partition coefficient (Wildman–Crippen LogP) is 3.23. The predicted molar refractivity (Wildman–Crippen MR) is 114 cm³/mol. The van der Waals surface area contributed by atoms with Crippen LogP contribution in [-0.2, 0) is 6.54 Å². The maximum atomic E-state index is 6.22. The second kappa shape index (κ2) is 7.76. The zero-order chi connectivity index (χ0) is 19.5. The highest BCUT2D eigenvalue weighted by molar-refractivity contribution is 5.85. The number of aromatic nitrogens is 1. The van der Waals surface area contributed by atoms with Gasteiger partial charge in [0.25, 0.3) is 0 Å². The van der Waals surface area contributed by atoms with Crippen molar-refractivity contribution >= 4 is 22.7 Å². The first-order valence-electron chi connectivity index (χ1n) is 9.46. The fourth-order valence-corrected chi connectivity index (χ4v) is 3.48. The number of fused-ring (bicyclic) bond motifs is 2. The second-order valence-electron chi connectivity index (χ2n) is 7.12. The molecule has 6 nitrogen and oxygen atoms in total. The maximum Gasteiger partial charge on any atom is 0.189 e. The van der Waals surface area contributed by atoms with Gasteiger partial charge in [0, 0.05) is 31.5 Å². The number of aliphatic imine (C=N–C) groups is 1. The lowest BCUT2D eigenvalue weighted by atomic mass is 10.0. The van der Waals surface area contributed by atoms with Gasteiger partial charge in [-0.2, -0.15) is 0 Å². The van der Waals surface area contributed by atoms with Crippen LogP contribution in [0.25, 0.3) is 10.9 Å². The van der Waals surface area contributed by atoms with Crippen molar-refractivity contribution in [1.29, 1.82) is 0 Å². The molecule has 144 valence electrons. The third kappa shape index (κ3) is 3.71. The number of benzene rings is 2. The van der Waals surface area contributed by atoms with Crippen LogP contribution in [0.5, 0.6) is 5.75 Å². The minimum Gasteiger partial charge on any atom is -0.493 e. The van der Waals surface area contributed by atoms with E-state index in [1.807, 2.05) is 55.4 Å². The number of anilines is 1. The van der Waals surface area contributed by atoms with Gasteiger partial charge in [0.05, 0.1) is 24.7 Å². The molecule has 0 bridgehead atoms. The van der Waals surface area contributed by atoms with E-state index in [1.165, 1.54) is 0 Å². The highest BCUT2D eigenvalue weighted by Gasteiger charge is 2.21. The first kappa shape index (κ1) is 18.1. The number of rotatable bonds is 4. The molecule has 0 aliphatic carbocycles. The molecule has 0 radical (unpaired) electrons. The topological polar surface area (TPSA) is 75.8 Å². The van der Waals surface area contributed by atoms with Crippen LogP contribution in [0.15, 0.2) is 59.6 Å². The number of pyridine rings is 1. The van der Waals surface area contributed by atoms with E-state index in [9.17, 15) is 0 Å². The number of para-hydroxylation sites is 2. The monoisotopic (exact) mass is 375 g/mol. The van der Waals surface area contributed by atoms with Gasteiger partial charge in [-0.15, -0.1) is 0 Å². The Morgan fingerprint density at radius 1 is 1.21 bits per heavy atom. The van der Waals surface area contributed by atoms with Crippen molar-refractivity contribution in [3.63, 3.8) is 0 Å². The van der Waals surface area contributed by atoms with Crippen molar-refractivity contribution in [3.8, 4) is 5.75 Å². The number of nitrogens with one attached hydrogen (secondary N) is 1. The molecule has 3 aromatic rings. The summed E-state index contributed by atoms with van der Waals surface area (Å²) in [5.74, 6) is 2.26. The summed E-state index contributed by atoms with van der Waals surface area (Å²) in [7, 11) is 3.98. The van der Waals surface area contributed by atoms with E-state index in [0.29, 0.717) is 19.1 Å². The van der Waals surface area contributed by atoms with Crippen molar-refractivity contribution in [3.05, 3.63) is 65.7 Å². The van der Waals surface area contributed by atoms with Gasteiger partial charge in [-0.25, -0.2) is 9.98 Å². The molecule has 0 saturated carbocycles. The van der Waals surface area contributed by atoms with E-state index in [2.05, 4.69) is 28.5 Å². The lowest BCUT2D eigenvalue weighted by Crippen LogP contribution is -2.37. The molecular weight excluding hydrogens is 350 g/mol. The smallest absolute Gasteiger partial charge is 0.189 e. The van der Waals surface area contributed by atoms with E-state index in [1.54, 1.807) is 0 Å². The summed E-state index contributed by atoms with van der Waals surface area (Å²) in [4.78, 5) is 11.3. The average molecular weight is 375 g/mol. The van der Waals surface area contributed by atoms with Crippen molar-refractivity contribution in [2.24, 2.45) is 10.7 Å².